The molecule has 0 aromatic carbocycles. The molecule has 3 atom stereocenters. The van der Waals surface area contributed by atoms with E-state index in [1.807, 2.05) is 0 Å². The molecule has 1 aromatic heterocycles. The number of rotatable bonds is 4. The van der Waals surface area contributed by atoms with E-state index in [0.717, 1.165) is 30.0 Å². The normalized spacial score (nSPS) is 27.7. The number of nitrogens with one attached hydrogen (secondary N) is 1. The molecule has 1 aromatic rings. The predicted molar refractivity (Wildman–Crippen MR) is 80.9 cm³/mol. The Morgan fingerprint density at radius 2 is 2.11 bits per heavy atom. The Labute approximate surface area is 118 Å². The number of aryl methyl sites for hydroxylation is 1. The van der Waals surface area contributed by atoms with Crippen molar-refractivity contribution in [2.45, 2.75) is 59.5 Å². The third-order valence-corrected chi connectivity index (χ3v) is 4.51. The van der Waals surface area contributed by atoms with E-state index in [2.05, 4.69) is 56.2 Å². The second-order valence-electron chi connectivity index (χ2n) is 6.58. The maximum absolute atomic E-state index is 4.58. The van der Waals surface area contributed by atoms with Gasteiger partial charge in [-0.1, -0.05) is 33.3 Å². The summed E-state index contributed by atoms with van der Waals surface area (Å²) >= 11 is 0. The van der Waals surface area contributed by atoms with Crippen molar-refractivity contribution in [1.82, 2.24) is 10.3 Å². The molecule has 1 fully saturated rings. The van der Waals surface area contributed by atoms with Gasteiger partial charge in [0, 0.05) is 18.3 Å². The zero-order valence-electron chi connectivity index (χ0n) is 12.8. The van der Waals surface area contributed by atoms with Crippen LogP contribution in [-0.2, 0) is 6.54 Å². The van der Waals surface area contributed by atoms with E-state index in [0.29, 0.717) is 6.04 Å². The third kappa shape index (κ3) is 4.04. The van der Waals surface area contributed by atoms with Crippen LogP contribution in [0.3, 0.4) is 0 Å². The molecule has 0 aliphatic heterocycles. The quantitative estimate of drug-likeness (QED) is 0.887. The van der Waals surface area contributed by atoms with Crippen LogP contribution in [0.1, 0.15) is 51.4 Å². The van der Waals surface area contributed by atoms with Gasteiger partial charge in [0.2, 0.25) is 0 Å². The van der Waals surface area contributed by atoms with Crippen molar-refractivity contribution in [3.8, 4) is 0 Å². The van der Waals surface area contributed by atoms with Gasteiger partial charge in [-0.15, -0.1) is 0 Å². The van der Waals surface area contributed by atoms with Crippen LogP contribution in [0.2, 0.25) is 0 Å². The van der Waals surface area contributed by atoms with Crippen LogP contribution < -0.4 is 5.32 Å². The first-order valence-corrected chi connectivity index (χ1v) is 7.72. The average Bonchev–Trinajstić information content (AvgIpc) is 2.36. The predicted octanol–water partition coefficient (Wildman–Crippen LogP) is 3.94. The summed E-state index contributed by atoms with van der Waals surface area (Å²) < 4.78 is 0. The highest BCUT2D eigenvalue weighted by Crippen LogP contribution is 2.33. The fourth-order valence-electron chi connectivity index (χ4n) is 3.37. The number of aromatic nitrogens is 1. The van der Waals surface area contributed by atoms with E-state index < -0.39 is 0 Å². The lowest BCUT2D eigenvalue weighted by atomic mass is 9.74. The van der Waals surface area contributed by atoms with Crippen LogP contribution in [0, 0.1) is 24.7 Å². The smallest absolute Gasteiger partial charge is 0.0544 e. The van der Waals surface area contributed by atoms with Gasteiger partial charge in [-0.3, -0.25) is 4.98 Å². The molecule has 0 spiro atoms. The Hall–Kier alpha value is -0.890. The Morgan fingerprint density at radius 1 is 1.32 bits per heavy atom. The molecule has 0 bridgehead atoms. The first-order chi connectivity index (χ1) is 9.06. The highest BCUT2D eigenvalue weighted by Gasteiger charge is 2.30. The van der Waals surface area contributed by atoms with Crippen molar-refractivity contribution in [2.24, 2.45) is 17.8 Å². The van der Waals surface area contributed by atoms with Crippen LogP contribution in [-0.4, -0.2) is 11.0 Å². The highest BCUT2D eigenvalue weighted by atomic mass is 14.9. The van der Waals surface area contributed by atoms with Crippen LogP contribution >= 0.6 is 0 Å². The summed E-state index contributed by atoms with van der Waals surface area (Å²) in [5, 5.41) is 3.76. The largest absolute Gasteiger partial charge is 0.308 e. The Kier molecular flexibility index (Phi) is 4.98. The summed E-state index contributed by atoms with van der Waals surface area (Å²) in [5.41, 5.74) is 2.28. The van der Waals surface area contributed by atoms with Crippen molar-refractivity contribution in [1.29, 1.82) is 0 Å². The minimum Gasteiger partial charge on any atom is -0.308 e. The standard InChI is InChI=1S/C17H28N2/c1-12(2)16-9-8-13(3)10-17(16)18-11-15-7-5-6-14(4)19-15/h5-7,12-13,16-18H,8-11H2,1-4H3. The molecule has 2 rings (SSSR count). The minimum absolute atomic E-state index is 0.658. The molecule has 1 saturated carbocycles. The minimum atomic E-state index is 0.658. The lowest BCUT2D eigenvalue weighted by molar-refractivity contribution is 0.169. The van der Waals surface area contributed by atoms with E-state index in [9.17, 15) is 0 Å². The Bertz CT molecular complexity index is 400. The monoisotopic (exact) mass is 260 g/mol. The van der Waals surface area contributed by atoms with Crippen molar-refractivity contribution in [3.63, 3.8) is 0 Å². The summed E-state index contributed by atoms with van der Waals surface area (Å²) in [6, 6.07) is 6.94. The summed E-state index contributed by atoms with van der Waals surface area (Å²) in [6.07, 6.45) is 4.08. The molecule has 3 unspecified atom stereocenters. The van der Waals surface area contributed by atoms with Crippen molar-refractivity contribution < 1.29 is 0 Å². The molecule has 2 heteroatoms. The molecule has 0 saturated heterocycles. The lowest BCUT2D eigenvalue weighted by Gasteiger charge is -2.38. The number of hydrogen-bond acceptors (Lipinski definition) is 2. The Balaban J connectivity index is 1.95. The summed E-state index contributed by atoms with van der Waals surface area (Å²) in [6.45, 7) is 10.1. The second-order valence-corrected chi connectivity index (χ2v) is 6.58. The topological polar surface area (TPSA) is 24.9 Å². The first-order valence-electron chi connectivity index (χ1n) is 7.72. The average molecular weight is 260 g/mol. The van der Waals surface area contributed by atoms with E-state index >= 15 is 0 Å². The maximum atomic E-state index is 4.58. The molecule has 0 radical (unpaired) electrons. The van der Waals surface area contributed by atoms with Gasteiger partial charge in [0.25, 0.3) is 0 Å². The maximum Gasteiger partial charge on any atom is 0.0544 e. The van der Waals surface area contributed by atoms with Crippen LogP contribution in [0.15, 0.2) is 18.2 Å². The molecule has 1 heterocycles. The molecular weight excluding hydrogens is 232 g/mol. The van der Waals surface area contributed by atoms with Gasteiger partial charge in [-0.2, -0.15) is 0 Å². The molecule has 2 nitrogen and oxygen atoms in total. The summed E-state index contributed by atoms with van der Waals surface area (Å²) in [4.78, 5) is 4.58. The molecular formula is C17H28N2. The van der Waals surface area contributed by atoms with Gasteiger partial charge in [0.05, 0.1) is 5.69 Å². The van der Waals surface area contributed by atoms with Crippen molar-refractivity contribution in [3.05, 3.63) is 29.6 Å². The first kappa shape index (κ1) is 14.5. The fourth-order valence-corrected chi connectivity index (χ4v) is 3.37. The Morgan fingerprint density at radius 3 is 2.79 bits per heavy atom. The second kappa shape index (κ2) is 6.51. The zero-order chi connectivity index (χ0) is 13.8. The van der Waals surface area contributed by atoms with Crippen LogP contribution in [0.5, 0.6) is 0 Å². The molecule has 0 amide bonds. The van der Waals surface area contributed by atoms with Crippen LogP contribution in [0.25, 0.3) is 0 Å². The molecule has 1 N–H and O–H groups in total. The molecule has 1 aliphatic rings. The van der Waals surface area contributed by atoms with E-state index in [1.54, 1.807) is 0 Å². The number of nitrogens with zero attached hydrogens (tertiary/aromatic N) is 1. The highest BCUT2D eigenvalue weighted by molar-refractivity contribution is 5.09. The van der Waals surface area contributed by atoms with E-state index in [1.165, 1.54) is 25.0 Å². The van der Waals surface area contributed by atoms with E-state index in [-0.39, 0.29) is 0 Å². The van der Waals surface area contributed by atoms with Gasteiger partial charge >= 0.3 is 0 Å². The van der Waals surface area contributed by atoms with Crippen molar-refractivity contribution in [2.75, 3.05) is 0 Å². The summed E-state index contributed by atoms with van der Waals surface area (Å²) in [5.74, 6) is 2.45. The zero-order valence-corrected chi connectivity index (χ0v) is 12.8. The molecule has 1 aliphatic carbocycles. The summed E-state index contributed by atoms with van der Waals surface area (Å²) in [7, 11) is 0. The molecule has 106 valence electrons. The van der Waals surface area contributed by atoms with Crippen molar-refractivity contribution >= 4 is 0 Å². The van der Waals surface area contributed by atoms with Crippen LogP contribution in [0.4, 0.5) is 0 Å². The van der Waals surface area contributed by atoms with Gasteiger partial charge in [-0.25, -0.2) is 0 Å². The van der Waals surface area contributed by atoms with Gasteiger partial charge in [0.1, 0.15) is 0 Å². The van der Waals surface area contributed by atoms with Gasteiger partial charge < -0.3 is 5.32 Å². The van der Waals surface area contributed by atoms with Gasteiger partial charge in [-0.05, 0) is 49.7 Å². The number of hydrogen-bond donors (Lipinski definition) is 1. The number of pyridine rings is 1. The molecule has 19 heavy (non-hydrogen) atoms. The fraction of sp³-hybridized carbons (Fsp3) is 0.706. The third-order valence-electron chi connectivity index (χ3n) is 4.51. The van der Waals surface area contributed by atoms with Gasteiger partial charge in [0.15, 0.2) is 0 Å². The SMILES string of the molecule is Cc1cccc(CNC2CC(C)CCC2C(C)C)n1. The van der Waals surface area contributed by atoms with E-state index in [4.69, 9.17) is 0 Å². The lowest BCUT2D eigenvalue weighted by Crippen LogP contribution is -2.42.